The van der Waals surface area contributed by atoms with E-state index in [9.17, 15) is 15.0 Å². The van der Waals surface area contributed by atoms with Crippen molar-refractivity contribution >= 4 is 6.29 Å². The number of hydrogen-bond acceptors (Lipinski definition) is 3. The normalized spacial score (nSPS) is 9.94. The second-order valence-electron chi connectivity index (χ2n) is 4.04. The van der Waals surface area contributed by atoms with Crippen molar-refractivity contribution in [1.82, 2.24) is 0 Å². The average molecular weight is 220 g/mol. The highest BCUT2D eigenvalue weighted by molar-refractivity contribution is 5.83. The van der Waals surface area contributed by atoms with Crippen LogP contribution in [0.2, 0.25) is 0 Å². The van der Waals surface area contributed by atoms with Crippen LogP contribution in [0.5, 0.6) is 11.5 Å². The van der Waals surface area contributed by atoms with Crippen molar-refractivity contribution in [2.24, 2.45) is 0 Å². The van der Waals surface area contributed by atoms with Crippen LogP contribution in [0.3, 0.4) is 0 Å². The molecular weight excluding hydrogens is 204 g/mol. The van der Waals surface area contributed by atoms with Crippen LogP contribution in [0, 0.1) is 6.92 Å². The molecule has 0 saturated heterocycles. The number of carbonyl (C=O) groups excluding carboxylic acids is 1. The van der Waals surface area contributed by atoms with Gasteiger partial charge in [-0.25, -0.2) is 0 Å². The van der Waals surface area contributed by atoms with Gasteiger partial charge in [-0.15, -0.1) is 0 Å². The molecule has 0 radical (unpaired) electrons. The lowest BCUT2D eigenvalue weighted by molar-refractivity contribution is 0.112. The van der Waals surface area contributed by atoms with E-state index in [2.05, 4.69) is 0 Å². The van der Waals surface area contributed by atoms with Crippen molar-refractivity contribution in [3.05, 3.63) is 34.4 Å². The predicted molar refractivity (Wildman–Crippen MR) is 63.0 cm³/mol. The van der Waals surface area contributed by atoms with E-state index in [0.29, 0.717) is 23.8 Å². The van der Waals surface area contributed by atoms with Crippen LogP contribution in [-0.4, -0.2) is 16.5 Å². The van der Waals surface area contributed by atoms with Crippen LogP contribution in [0.15, 0.2) is 17.7 Å². The number of carbonyl (C=O) groups is 1. The summed E-state index contributed by atoms with van der Waals surface area (Å²) >= 11 is 0. The lowest BCUT2D eigenvalue weighted by Gasteiger charge is -2.10. The third-order valence-electron chi connectivity index (χ3n) is 2.55. The molecule has 86 valence electrons. The maximum atomic E-state index is 10.8. The van der Waals surface area contributed by atoms with E-state index in [-0.39, 0.29) is 17.1 Å². The van der Waals surface area contributed by atoms with Gasteiger partial charge in [0.15, 0.2) is 6.29 Å². The number of aromatic hydroxyl groups is 2. The van der Waals surface area contributed by atoms with Gasteiger partial charge in [-0.1, -0.05) is 11.6 Å². The zero-order valence-corrected chi connectivity index (χ0v) is 9.74. The lowest BCUT2D eigenvalue weighted by Crippen LogP contribution is -1.95. The van der Waals surface area contributed by atoms with Gasteiger partial charge in [0, 0.05) is 11.6 Å². The third-order valence-corrected chi connectivity index (χ3v) is 2.55. The molecule has 0 bridgehead atoms. The Labute approximate surface area is 95.0 Å². The fourth-order valence-electron chi connectivity index (χ4n) is 1.55. The van der Waals surface area contributed by atoms with E-state index in [4.69, 9.17) is 0 Å². The summed E-state index contributed by atoms with van der Waals surface area (Å²) in [5, 5.41) is 19.2. The molecule has 2 N–H and O–H groups in total. The number of aldehydes is 1. The fourth-order valence-corrected chi connectivity index (χ4v) is 1.55. The second-order valence-corrected chi connectivity index (χ2v) is 4.04. The van der Waals surface area contributed by atoms with Crippen molar-refractivity contribution in [2.75, 3.05) is 0 Å². The van der Waals surface area contributed by atoms with Crippen molar-refractivity contribution in [2.45, 2.75) is 27.2 Å². The van der Waals surface area contributed by atoms with Gasteiger partial charge in [0.2, 0.25) is 0 Å². The molecule has 0 aliphatic heterocycles. The molecule has 1 aromatic rings. The summed E-state index contributed by atoms with van der Waals surface area (Å²) in [7, 11) is 0. The number of allylic oxidation sites excluding steroid dienone is 2. The van der Waals surface area contributed by atoms with E-state index in [0.717, 1.165) is 5.57 Å². The highest BCUT2D eigenvalue weighted by Crippen LogP contribution is 2.31. The van der Waals surface area contributed by atoms with E-state index in [1.54, 1.807) is 6.92 Å². The number of phenols is 2. The molecule has 0 amide bonds. The van der Waals surface area contributed by atoms with Crippen LogP contribution < -0.4 is 0 Å². The zero-order chi connectivity index (χ0) is 12.3. The molecule has 0 aliphatic rings. The fraction of sp³-hybridized carbons (Fsp3) is 0.308. The Balaban J connectivity index is 3.28. The van der Waals surface area contributed by atoms with Crippen LogP contribution in [0.4, 0.5) is 0 Å². The van der Waals surface area contributed by atoms with Crippen molar-refractivity contribution in [3.8, 4) is 11.5 Å². The van der Waals surface area contributed by atoms with Crippen molar-refractivity contribution < 1.29 is 15.0 Å². The lowest BCUT2D eigenvalue weighted by atomic mass is 9.98. The maximum absolute atomic E-state index is 10.8. The Morgan fingerprint density at radius 3 is 2.44 bits per heavy atom. The van der Waals surface area contributed by atoms with Gasteiger partial charge >= 0.3 is 0 Å². The van der Waals surface area contributed by atoms with E-state index in [1.807, 2.05) is 19.9 Å². The molecule has 3 nitrogen and oxygen atoms in total. The molecule has 0 aliphatic carbocycles. The van der Waals surface area contributed by atoms with Gasteiger partial charge < -0.3 is 10.2 Å². The molecular formula is C13H16O3. The predicted octanol–water partition coefficient (Wildman–Crippen LogP) is 2.73. The molecule has 1 aromatic carbocycles. The summed E-state index contributed by atoms with van der Waals surface area (Å²) < 4.78 is 0. The van der Waals surface area contributed by atoms with Crippen molar-refractivity contribution in [1.29, 1.82) is 0 Å². The summed E-state index contributed by atoms with van der Waals surface area (Å²) in [5.74, 6) is -0.149. The summed E-state index contributed by atoms with van der Waals surface area (Å²) in [6.45, 7) is 5.65. The molecule has 3 heteroatoms. The minimum Gasteiger partial charge on any atom is -0.508 e. The monoisotopic (exact) mass is 220 g/mol. The Morgan fingerprint density at radius 2 is 1.94 bits per heavy atom. The smallest absolute Gasteiger partial charge is 0.154 e. The second kappa shape index (κ2) is 4.84. The topological polar surface area (TPSA) is 57.5 Å². The van der Waals surface area contributed by atoms with Gasteiger partial charge in [-0.05, 0) is 32.8 Å². The molecule has 0 atom stereocenters. The molecule has 0 aromatic heterocycles. The average Bonchev–Trinajstić information content (AvgIpc) is 2.16. The summed E-state index contributed by atoms with van der Waals surface area (Å²) in [6.07, 6.45) is 3.13. The highest BCUT2D eigenvalue weighted by atomic mass is 16.3. The Morgan fingerprint density at radius 1 is 1.31 bits per heavy atom. The van der Waals surface area contributed by atoms with Crippen LogP contribution in [-0.2, 0) is 6.42 Å². The van der Waals surface area contributed by atoms with Gasteiger partial charge in [-0.3, -0.25) is 4.79 Å². The first-order valence-corrected chi connectivity index (χ1v) is 5.10. The third kappa shape index (κ3) is 2.42. The van der Waals surface area contributed by atoms with Crippen molar-refractivity contribution in [3.63, 3.8) is 0 Å². The van der Waals surface area contributed by atoms with Crippen LogP contribution >= 0.6 is 0 Å². The minimum absolute atomic E-state index is 0.0260. The van der Waals surface area contributed by atoms with E-state index in [1.165, 1.54) is 6.07 Å². The molecule has 0 unspecified atom stereocenters. The van der Waals surface area contributed by atoms with Crippen LogP contribution in [0.1, 0.15) is 35.3 Å². The summed E-state index contributed by atoms with van der Waals surface area (Å²) in [4.78, 5) is 10.8. The van der Waals surface area contributed by atoms with Gasteiger partial charge in [0.05, 0.1) is 5.56 Å². The molecule has 0 fully saturated rings. The summed E-state index contributed by atoms with van der Waals surface area (Å²) in [6, 6.07) is 1.21. The number of rotatable bonds is 3. The first kappa shape index (κ1) is 12.3. The Kier molecular flexibility index (Phi) is 3.72. The molecule has 16 heavy (non-hydrogen) atoms. The van der Waals surface area contributed by atoms with Crippen LogP contribution in [0.25, 0.3) is 0 Å². The maximum Gasteiger partial charge on any atom is 0.154 e. The van der Waals surface area contributed by atoms with Gasteiger partial charge in [0.25, 0.3) is 0 Å². The van der Waals surface area contributed by atoms with E-state index < -0.39 is 0 Å². The molecule has 0 saturated carbocycles. The minimum atomic E-state index is -0.175. The van der Waals surface area contributed by atoms with Gasteiger partial charge in [0.1, 0.15) is 11.5 Å². The molecule has 1 rings (SSSR count). The largest absolute Gasteiger partial charge is 0.508 e. The summed E-state index contributed by atoms with van der Waals surface area (Å²) in [5.41, 5.74) is 2.69. The first-order valence-electron chi connectivity index (χ1n) is 5.10. The quantitative estimate of drug-likeness (QED) is 0.608. The zero-order valence-electron chi connectivity index (χ0n) is 9.74. The first-order chi connectivity index (χ1) is 7.47. The van der Waals surface area contributed by atoms with E-state index >= 15 is 0 Å². The number of hydrogen-bond donors (Lipinski definition) is 2. The Bertz CT molecular complexity index is 441. The van der Waals surface area contributed by atoms with Gasteiger partial charge in [-0.2, -0.15) is 0 Å². The number of phenolic OH excluding ortho intramolecular Hbond substituents is 2. The number of benzene rings is 1. The SMILES string of the molecule is CC(C)=CCc1c(O)cc(O)c(C=O)c1C. The molecule has 0 spiro atoms. The standard InChI is InChI=1S/C13H16O3/c1-8(2)4-5-10-9(3)11(7-14)13(16)6-12(10)15/h4,6-7,15-16H,5H2,1-3H3. The Hall–Kier alpha value is -1.77. The highest BCUT2D eigenvalue weighted by Gasteiger charge is 2.12. The molecule has 0 heterocycles.